The van der Waals surface area contributed by atoms with E-state index in [0.29, 0.717) is 6.54 Å². The Bertz CT molecular complexity index is 380. The molecule has 2 aromatic heterocycles. The monoisotopic (exact) mass is 174 g/mol. The second-order valence-electron chi connectivity index (χ2n) is 2.66. The number of nitrogens with zero attached hydrogens (tertiary/aromatic N) is 3. The van der Waals surface area contributed by atoms with E-state index < -0.39 is 0 Å². The van der Waals surface area contributed by atoms with E-state index >= 15 is 0 Å². The minimum absolute atomic E-state index is 0.488. The predicted octanol–water partition coefficient (Wildman–Crippen LogP) is 0.726. The first-order valence-corrected chi connectivity index (χ1v) is 4.03. The molecule has 66 valence electrons. The second kappa shape index (κ2) is 3.37. The topological polar surface area (TPSA) is 56.7 Å². The average Bonchev–Trinajstić information content (AvgIpc) is 2.67. The molecular weight excluding hydrogens is 164 g/mol. The zero-order valence-electron chi connectivity index (χ0n) is 7.09. The molecule has 0 saturated carbocycles. The van der Waals surface area contributed by atoms with Gasteiger partial charge in [-0.2, -0.15) is 0 Å². The van der Waals surface area contributed by atoms with Crippen LogP contribution in [0, 0.1) is 0 Å². The first-order chi connectivity index (χ1) is 6.42. The van der Waals surface area contributed by atoms with E-state index in [4.69, 9.17) is 5.73 Å². The standard InChI is InChI=1S/C9H10N4/c10-5-9-6-12-7-13(9)8-1-3-11-4-2-8/h1-4,6-7H,5,10H2. The van der Waals surface area contributed by atoms with E-state index in [-0.39, 0.29) is 0 Å². The summed E-state index contributed by atoms with van der Waals surface area (Å²) < 4.78 is 1.95. The Kier molecular flexibility index (Phi) is 2.06. The largest absolute Gasteiger partial charge is 0.325 e. The lowest BCUT2D eigenvalue weighted by Crippen LogP contribution is -2.04. The normalized spacial score (nSPS) is 10.2. The van der Waals surface area contributed by atoms with Crippen molar-refractivity contribution in [3.63, 3.8) is 0 Å². The maximum atomic E-state index is 5.56. The van der Waals surface area contributed by atoms with Gasteiger partial charge in [0.2, 0.25) is 0 Å². The molecule has 0 radical (unpaired) electrons. The summed E-state index contributed by atoms with van der Waals surface area (Å²) >= 11 is 0. The third-order valence-corrected chi connectivity index (χ3v) is 1.87. The van der Waals surface area contributed by atoms with Crippen LogP contribution in [0.2, 0.25) is 0 Å². The first-order valence-electron chi connectivity index (χ1n) is 4.03. The van der Waals surface area contributed by atoms with Crippen molar-refractivity contribution in [2.24, 2.45) is 5.73 Å². The summed E-state index contributed by atoms with van der Waals surface area (Å²) in [4.78, 5) is 7.98. The predicted molar refractivity (Wildman–Crippen MR) is 49.3 cm³/mol. The van der Waals surface area contributed by atoms with Crippen LogP contribution in [0.15, 0.2) is 37.1 Å². The van der Waals surface area contributed by atoms with Crippen LogP contribution in [0.3, 0.4) is 0 Å². The van der Waals surface area contributed by atoms with Crippen molar-refractivity contribution in [1.29, 1.82) is 0 Å². The van der Waals surface area contributed by atoms with E-state index in [1.807, 2.05) is 16.7 Å². The molecular formula is C9H10N4. The smallest absolute Gasteiger partial charge is 0.0994 e. The maximum Gasteiger partial charge on any atom is 0.0994 e. The molecule has 4 heteroatoms. The quantitative estimate of drug-likeness (QED) is 0.730. The number of hydrogen-bond acceptors (Lipinski definition) is 3. The van der Waals surface area contributed by atoms with Crippen LogP contribution in [0.5, 0.6) is 0 Å². The molecule has 2 rings (SSSR count). The van der Waals surface area contributed by atoms with Crippen molar-refractivity contribution >= 4 is 0 Å². The molecule has 13 heavy (non-hydrogen) atoms. The van der Waals surface area contributed by atoms with Crippen LogP contribution in [0.25, 0.3) is 5.69 Å². The van der Waals surface area contributed by atoms with Gasteiger partial charge in [0.05, 0.1) is 12.0 Å². The summed E-state index contributed by atoms with van der Waals surface area (Å²) in [5, 5.41) is 0. The van der Waals surface area contributed by atoms with Gasteiger partial charge in [0, 0.05) is 30.8 Å². The van der Waals surface area contributed by atoms with Crippen molar-refractivity contribution in [2.45, 2.75) is 6.54 Å². The van der Waals surface area contributed by atoms with Crippen LogP contribution < -0.4 is 5.73 Å². The summed E-state index contributed by atoms with van der Waals surface area (Å²) in [6, 6.07) is 3.84. The Balaban J connectivity index is 2.47. The molecule has 0 bridgehead atoms. The fourth-order valence-electron chi connectivity index (χ4n) is 1.21. The Hall–Kier alpha value is -1.68. The molecule has 2 aromatic rings. The molecule has 0 aliphatic heterocycles. The SMILES string of the molecule is NCc1cncn1-c1ccncc1. The summed E-state index contributed by atoms with van der Waals surface area (Å²) in [6.45, 7) is 0.488. The van der Waals surface area contributed by atoms with Crippen molar-refractivity contribution in [3.05, 3.63) is 42.7 Å². The Morgan fingerprint density at radius 3 is 2.69 bits per heavy atom. The fraction of sp³-hybridized carbons (Fsp3) is 0.111. The molecule has 0 aliphatic rings. The van der Waals surface area contributed by atoms with Crippen molar-refractivity contribution in [2.75, 3.05) is 0 Å². The third kappa shape index (κ3) is 1.43. The molecule has 0 amide bonds. The number of nitrogens with two attached hydrogens (primary N) is 1. The molecule has 0 fully saturated rings. The molecule has 0 atom stereocenters. The van der Waals surface area contributed by atoms with Crippen molar-refractivity contribution < 1.29 is 0 Å². The van der Waals surface area contributed by atoms with Gasteiger partial charge in [0.15, 0.2) is 0 Å². The van der Waals surface area contributed by atoms with E-state index in [0.717, 1.165) is 11.4 Å². The highest BCUT2D eigenvalue weighted by molar-refractivity contribution is 5.30. The summed E-state index contributed by atoms with van der Waals surface area (Å²) in [5.74, 6) is 0. The van der Waals surface area contributed by atoms with Gasteiger partial charge >= 0.3 is 0 Å². The molecule has 0 unspecified atom stereocenters. The van der Waals surface area contributed by atoms with Gasteiger partial charge in [-0.05, 0) is 12.1 Å². The van der Waals surface area contributed by atoms with Crippen molar-refractivity contribution in [1.82, 2.24) is 14.5 Å². The number of imidazole rings is 1. The Morgan fingerprint density at radius 1 is 1.23 bits per heavy atom. The minimum atomic E-state index is 0.488. The molecule has 0 saturated heterocycles. The van der Waals surface area contributed by atoms with E-state index in [1.165, 1.54) is 0 Å². The zero-order valence-corrected chi connectivity index (χ0v) is 7.09. The van der Waals surface area contributed by atoms with Gasteiger partial charge in [-0.25, -0.2) is 4.98 Å². The molecule has 0 aliphatic carbocycles. The average molecular weight is 174 g/mol. The van der Waals surface area contributed by atoms with Gasteiger partial charge in [0.1, 0.15) is 0 Å². The summed E-state index contributed by atoms with van der Waals surface area (Å²) in [6.07, 6.45) is 7.00. The van der Waals surface area contributed by atoms with E-state index in [1.54, 1.807) is 24.9 Å². The third-order valence-electron chi connectivity index (χ3n) is 1.87. The van der Waals surface area contributed by atoms with E-state index in [9.17, 15) is 0 Å². The highest BCUT2D eigenvalue weighted by Gasteiger charge is 2.00. The fourth-order valence-corrected chi connectivity index (χ4v) is 1.21. The maximum absolute atomic E-state index is 5.56. The minimum Gasteiger partial charge on any atom is -0.325 e. The number of rotatable bonds is 2. The van der Waals surface area contributed by atoms with Crippen LogP contribution in [-0.4, -0.2) is 14.5 Å². The lowest BCUT2D eigenvalue weighted by molar-refractivity contribution is 0.908. The van der Waals surface area contributed by atoms with Crippen molar-refractivity contribution in [3.8, 4) is 5.69 Å². The van der Waals surface area contributed by atoms with Gasteiger partial charge in [-0.1, -0.05) is 0 Å². The number of pyridine rings is 1. The molecule has 0 aromatic carbocycles. The second-order valence-corrected chi connectivity index (χ2v) is 2.66. The molecule has 2 heterocycles. The number of hydrogen-bond donors (Lipinski definition) is 1. The lowest BCUT2D eigenvalue weighted by Gasteiger charge is -2.04. The van der Waals surface area contributed by atoms with Gasteiger partial charge in [0.25, 0.3) is 0 Å². The highest BCUT2D eigenvalue weighted by atomic mass is 15.1. The summed E-state index contributed by atoms with van der Waals surface area (Å²) in [7, 11) is 0. The van der Waals surface area contributed by atoms with Crippen LogP contribution in [-0.2, 0) is 6.54 Å². The van der Waals surface area contributed by atoms with Crippen LogP contribution in [0.1, 0.15) is 5.69 Å². The van der Waals surface area contributed by atoms with E-state index in [2.05, 4.69) is 9.97 Å². The summed E-state index contributed by atoms with van der Waals surface area (Å²) in [5.41, 5.74) is 7.58. The molecule has 4 nitrogen and oxygen atoms in total. The first kappa shape index (κ1) is 7.94. The Labute approximate surface area is 76.1 Å². The van der Waals surface area contributed by atoms with Gasteiger partial charge in [-0.3, -0.25) is 4.98 Å². The lowest BCUT2D eigenvalue weighted by atomic mass is 10.4. The molecule has 2 N–H and O–H groups in total. The number of aromatic nitrogens is 3. The van der Waals surface area contributed by atoms with Crippen LogP contribution >= 0.6 is 0 Å². The Morgan fingerprint density at radius 2 is 2.00 bits per heavy atom. The zero-order chi connectivity index (χ0) is 9.10. The molecule has 0 spiro atoms. The van der Waals surface area contributed by atoms with Gasteiger partial charge in [-0.15, -0.1) is 0 Å². The van der Waals surface area contributed by atoms with Crippen LogP contribution in [0.4, 0.5) is 0 Å². The van der Waals surface area contributed by atoms with Gasteiger partial charge < -0.3 is 10.3 Å². The highest BCUT2D eigenvalue weighted by Crippen LogP contribution is 2.08.